The average Bonchev–Trinajstić information content (AvgIpc) is 3.76. The van der Waals surface area contributed by atoms with E-state index >= 15 is 0 Å². The summed E-state index contributed by atoms with van der Waals surface area (Å²) < 4.78 is 22.0. The number of carbonyl (C=O) groups excluding carboxylic acids is 6. The summed E-state index contributed by atoms with van der Waals surface area (Å²) in [7, 11) is 0. The Labute approximate surface area is 469 Å². The fraction of sp³-hybridized carbons (Fsp3) is 0.368. The van der Waals surface area contributed by atoms with Crippen LogP contribution in [-0.2, 0) is 14.2 Å². The molecule has 6 aromatic carbocycles. The summed E-state index contributed by atoms with van der Waals surface area (Å²) in [5.41, 5.74) is 6.93. The molecule has 0 saturated carbocycles. The van der Waals surface area contributed by atoms with Crippen molar-refractivity contribution in [3.63, 3.8) is 0 Å². The highest BCUT2D eigenvalue weighted by Gasteiger charge is 2.42. The monoisotopic (exact) mass is 1140 g/mol. The zero-order valence-electron chi connectivity index (χ0n) is 44.7. The Kier molecular flexibility index (Phi) is 14.1. The second-order valence-electron chi connectivity index (χ2n) is 22.7. The summed E-state index contributed by atoms with van der Waals surface area (Å²) in [6.07, 6.45) is -1.88. The van der Waals surface area contributed by atoms with E-state index in [-0.39, 0.29) is 28.9 Å². The Balaban J connectivity index is 0.000000134. The molecule has 22 heteroatoms. The zero-order chi connectivity index (χ0) is 56.8. The van der Waals surface area contributed by atoms with Gasteiger partial charge in [0.05, 0.1) is 33.9 Å². The predicted octanol–water partition coefficient (Wildman–Crippen LogP) is 12.9. The molecule has 6 aliphatic rings. The second kappa shape index (κ2) is 20.3. The van der Waals surface area contributed by atoms with Crippen molar-refractivity contribution in [3.05, 3.63) is 101 Å². The van der Waals surface area contributed by atoms with Crippen molar-refractivity contribution in [1.29, 1.82) is 0 Å². The Morgan fingerprint density at radius 3 is 1.44 bits per heavy atom. The first-order valence-electron chi connectivity index (χ1n) is 25.4. The van der Waals surface area contributed by atoms with Gasteiger partial charge in [0.1, 0.15) is 22.6 Å². The molecule has 6 aromatic rings. The van der Waals surface area contributed by atoms with Crippen LogP contribution in [0.5, 0.6) is 17.2 Å². The van der Waals surface area contributed by atoms with Crippen molar-refractivity contribution in [3.8, 4) is 17.2 Å². The van der Waals surface area contributed by atoms with Crippen molar-refractivity contribution in [2.24, 2.45) is 0 Å². The highest BCUT2D eigenvalue weighted by Crippen LogP contribution is 2.51. The number of benzene rings is 6. The van der Waals surface area contributed by atoms with Gasteiger partial charge in [-0.3, -0.25) is 34.8 Å². The molecular weight excluding hydrogens is 1080 g/mol. The van der Waals surface area contributed by atoms with Gasteiger partial charge < -0.3 is 28.6 Å². The Hall–Kier alpha value is -7.45. The van der Waals surface area contributed by atoms with Crippen molar-refractivity contribution in [2.45, 2.75) is 96.9 Å². The van der Waals surface area contributed by atoms with Crippen molar-refractivity contribution < 1.29 is 62.6 Å². The highest BCUT2D eigenvalue weighted by molar-refractivity contribution is 6.21. The summed E-state index contributed by atoms with van der Waals surface area (Å²) in [5, 5.41) is 17.5. The largest absolute Gasteiger partial charge is 0.443 e. The Bertz CT molecular complexity index is 3570. The minimum Gasteiger partial charge on any atom is -0.443 e. The maximum absolute atomic E-state index is 12.7. The molecule has 12 rings (SSSR count). The summed E-state index contributed by atoms with van der Waals surface area (Å²) in [6, 6.07) is 21.6. The lowest BCUT2D eigenvalue weighted by molar-refractivity contribution is -0.236. The zero-order valence-corrected chi connectivity index (χ0v) is 46.9. The van der Waals surface area contributed by atoms with E-state index in [0.717, 1.165) is 43.6 Å². The van der Waals surface area contributed by atoms with Crippen LogP contribution in [0.1, 0.15) is 117 Å². The fourth-order valence-electron chi connectivity index (χ4n) is 10.7. The van der Waals surface area contributed by atoms with Gasteiger partial charge in [-0.15, -0.1) is 34.8 Å². The maximum Gasteiger partial charge on any atom is 0.417 e. The van der Waals surface area contributed by atoms with Gasteiger partial charge in [0.15, 0.2) is 11.5 Å². The lowest BCUT2D eigenvalue weighted by Crippen LogP contribution is -2.36. The van der Waals surface area contributed by atoms with Crippen LogP contribution in [0, 0.1) is 0 Å². The van der Waals surface area contributed by atoms with Crippen molar-refractivity contribution in [1.82, 2.24) is 10.7 Å². The molecule has 0 aromatic heterocycles. The quantitative estimate of drug-likeness (QED) is 0.0855. The SMILES string of the molecule is CC(C)(C)OC(=O)N1CC(CCl)c2c1cc1c3c(cccc23)C(=O)N(O)O1.CC(C)(C)OC(=O)N1CC(CCl)c2c1cc1c3c(cccc23)C(=O)NO1.CC(C)(C)OC(=O)N1CC(CCl)c2c1cc1c3c(cccc23)NC(=O)O1. The standard InChI is InChI=1S/C19H19ClN2O5.2C19H19ClN2O4/c1-19(2,3)26-18(24)21-9-10(8-20)15-11-5-4-6-12-16(11)14(7-13(15)21)27-22(25)17(12)23;1-19(2,3)26-18(24)22-9-10(8-20)15-11-5-4-6-12-16(11)14(7-13(15)22)25-17(23)21-12;1-19(2,3)25-18(24)22-9-10(8-20)15-11-5-4-6-12-16(11)14(7-13(15)22)26-21-17(12)23/h4-7,10,25H,8-9H2,1-3H3;2*4-7,10H,8-9H2,1-3H3,(H,21,23). The molecule has 3 unspecified atom stereocenters. The lowest BCUT2D eigenvalue weighted by Gasteiger charge is -2.27. The molecular formula is C57H57Cl3N6O13. The molecule has 6 heterocycles. The fourth-order valence-corrected chi connectivity index (χ4v) is 11.5. The number of nitrogens with zero attached hydrogens (tertiary/aromatic N) is 4. The van der Waals surface area contributed by atoms with Gasteiger partial charge in [-0.2, -0.15) is 5.48 Å². The van der Waals surface area contributed by atoms with Gasteiger partial charge in [-0.05, 0) is 119 Å². The van der Waals surface area contributed by atoms with Crippen LogP contribution >= 0.6 is 34.8 Å². The van der Waals surface area contributed by atoms with Gasteiger partial charge in [0.25, 0.3) is 5.91 Å². The molecule has 0 radical (unpaired) electrons. The number of fused-ring (bicyclic) bond motifs is 6. The van der Waals surface area contributed by atoms with E-state index in [1.807, 2.05) is 77.9 Å². The molecule has 0 aliphatic carbocycles. The third-order valence-corrected chi connectivity index (χ3v) is 14.8. The van der Waals surface area contributed by atoms with Crippen LogP contribution in [0.3, 0.4) is 0 Å². The second-order valence-corrected chi connectivity index (χ2v) is 23.6. The number of rotatable bonds is 3. The smallest absolute Gasteiger partial charge is 0.417 e. The molecule has 19 nitrogen and oxygen atoms in total. The summed E-state index contributed by atoms with van der Waals surface area (Å²) >= 11 is 18.6. The summed E-state index contributed by atoms with van der Waals surface area (Å²) in [6.45, 7) is 17.6. The molecule has 6 amide bonds. The number of hydrogen-bond acceptors (Lipinski definition) is 13. The van der Waals surface area contributed by atoms with E-state index in [1.54, 1.807) is 67.0 Å². The van der Waals surface area contributed by atoms with Crippen LogP contribution in [0.15, 0.2) is 72.8 Å². The van der Waals surface area contributed by atoms with E-state index in [0.29, 0.717) is 93.8 Å². The molecule has 0 fully saturated rings. The number of hydrogen-bond donors (Lipinski definition) is 3. The summed E-state index contributed by atoms with van der Waals surface area (Å²) in [4.78, 5) is 89.7. The summed E-state index contributed by atoms with van der Waals surface area (Å²) in [5.74, 6) is 1.17. The van der Waals surface area contributed by atoms with E-state index in [1.165, 1.54) is 4.90 Å². The molecule has 414 valence electrons. The van der Waals surface area contributed by atoms with Gasteiger partial charge in [-0.25, -0.2) is 19.2 Å². The number of halogens is 3. The van der Waals surface area contributed by atoms with Crippen LogP contribution in [-0.4, -0.2) is 101 Å². The molecule has 79 heavy (non-hydrogen) atoms. The number of alkyl halides is 3. The number of nitrogens with one attached hydrogen (secondary N) is 2. The Morgan fingerprint density at radius 2 is 0.987 bits per heavy atom. The van der Waals surface area contributed by atoms with Gasteiger partial charge >= 0.3 is 30.3 Å². The van der Waals surface area contributed by atoms with Gasteiger partial charge in [-0.1, -0.05) is 36.4 Å². The normalized spacial score (nSPS) is 18.4. The molecule has 3 N–H and O–H groups in total. The highest BCUT2D eigenvalue weighted by atomic mass is 35.5. The third kappa shape index (κ3) is 10.2. The Morgan fingerprint density at radius 1 is 0.582 bits per heavy atom. The third-order valence-electron chi connectivity index (χ3n) is 13.7. The number of amides is 6. The maximum atomic E-state index is 12.7. The lowest BCUT2D eigenvalue weighted by atomic mass is 9.92. The van der Waals surface area contributed by atoms with E-state index < -0.39 is 47.1 Å². The molecule has 0 saturated heterocycles. The number of ether oxygens (including phenoxy) is 4. The molecule has 6 aliphatic heterocycles. The number of hydroxylamine groups is 3. The minimum absolute atomic E-state index is 0.0267. The van der Waals surface area contributed by atoms with Gasteiger partial charge in [0, 0.05) is 89.4 Å². The van der Waals surface area contributed by atoms with Crippen LogP contribution < -0.4 is 39.9 Å². The average molecular weight is 1140 g/mol. The van der Waals surface area contributed by atoms with Gasteiger partial charge in [0.2, 0.25) is 0 Å². The number of anilines is 4. The van der Waals surface area contributed by atoms with E-state index in [2.05, 4.69) is 10.8 Å². The predicted molar refractivity (Wildman–Crippen MR) is 299 cm³/mol. The number of carbonyl (C=O) groups is 6. The van der Waals surface area contributed by atoms with E-state index in [9.17, 15) is 34.0 Å². The van der Waals surface area contributed by atoms with Crippen LogP contribution in [0.2, 0.25) is 0 Å². The molecule has 3 atom stereocenters. The first kappa shape index (κ1) is 54.9. The minimum atomic E-state index is -0.641. The molecule has 0 spiro atoms. The molecule has 0 bridgehead atoms. The van der Waals surface area contributed by atoms with E-state index in [4.69, 9.17) is 63.4 Å². The van der Waals surface area contributed by atoms with Crippen LogP contribution in [0.4, 0.5) is 41.9 Å². The first-order chi connectivity index (χ1) is 37.3. The van der Waals surface area contributed by atoms with Crippen molar-refractivity contribution in [2.75, 3.05) is 57.3 Å². The first-order valence-corrected chi connectivity index (χ1v) is 27.1. The van der Waals surface area contributed by atoms with Crippen molar-refractivity contribution >= 4 is 126 Å². The topological polar surface area (TPSA) is 215 Å². The van der Waals surface area contributed by atoms with Crippen LogP contribution in [0.25, 0.3) is 32.3 Å².